The standard InChI is InChI=1S/C14H28N2/c1-16(14-10-6-7-11-14)13-9-5-3-2-4-8-12-15/h2,4,14H,3,5-13,15H2,1H3/b4-2+. The highest BCUT2D eigenvalue weighted by Crippen LogP contribution is 2.22. The second kappa shape index (κ2) is 8.77. The fourth-order valence-electron chi connectivity index (χ4n) is 2.48. The molecule has 1 saturated carbocycles. The van der Waals surface area contributed by atoms with Crippen LogP contribution in [0.5, 0.6) is 0 Å². The van der Waals surface area contributed by atoms with Crippen LogP contribution in [0.25, 0.3) is 0 Å². The van der Waals surface area contributed by atoms with Crippen molar-refractivity contribution in [2.75, 3.05) is 20.1 Å². The first kappa shape index (κ1) is 13.7. The van der Waals surface area contributed by atoms with E-state index in [1.165, 1.54) is 51.5 Å². The quantitative estimate of drug-likeness (QED) is 0.507. The molecule has 94 valence electrons. The molecule has 2 heteroatoms. The Morgan fingerprint density at radius 2 is 1.81 bits per heavy atom. The summed E-state index contributed by atoms with van der Waals surface area (Å²) in [5.41, 5.74) is 5.42. The van der Waals surface area contributed by atoms with E-state index < -0.39 is 0 Å². The third-order valence-electron chi connectivity index (χ3n) is 3.58. The van der Waals surface area contributed by atoms with Crippen LogP contribution >= 0.6 is 0 Å². The maximum absolute atomic E-state index is 5.42. The van der Waals surface area contributed by atoms with E-state index in [1.54, 1.807) is 0 Å². The van der Waals surface area contributed by atoms with E-state index in [2.05, 4.69) is 24.1 Å². The Morgan fingerprint density at radius 1 is 1.12 bits per heavy atom. The van der Waals surface area contributed by atoms with Crippen LogP contribution in [-0.2, 0) is 0 Å². The molecule has 0 aliphatic heterocycles. The zero-order valence-electron chi connectivity index (χ0n) is 10.8. The topological polar surface area (TPSA) is 29.3 Å². The summed E-state index contributed by atoms with van der Waals surface area (Å²) in [4.78, 5) is 2.57. The van der Waals surface area contributed by atoms with Crippen molar-refractivity contribution in [1.82, 2.24) is 4.90 Å². The molecule has 2 nitrogen and oxygen atoms in total. The van der Waals surface area contributed by atoms with Crippen LogP contribution in [0, 0.1) is 0 Å². The van der Waals surface area contributed by atoms with Crippen molar-refractivity contribution < 1.29 is 0 Å². The Morgan fingerprint density at radius 3 is 2.50 bits per heavy atom. The summed E-state index contributed by atoms with van der Waals surface area (Å²) in [5, 5.41) is 0. The van der Waals surface area contributed by atoms with Crippen LogP contribution in [-0.4, -0.2) is 31.1 Å². The number of nitrogens with two attached hydrogens (primary N) is 1. The van der Waals surface area contributed by atoms with Gasteiger partial charge in [-0.2, -0.15) is 0 Å². The summed E-state index contributed by atoms with van der Waals surface area (Å²) in [6.45, 7) is 2.05. The Balaban J connectivity index is 1.93. The lowest BCUT2D eigenvalue weighted by molar-refractivity contribution is 0.241. The highest BCUT2D eigenvalue weighted by atomic mass is 15.1. The average molecular weight is 224 g/mol. The van der Waals surface area contributed by atoms with Gasteiger partial charge >= 0.3 is 0 Å². The molecule has 0 radical (unpaired) electrons. The molecule has 0 atom stereocenters. The van der Waals surface area contributed by atoms with E-state index in [0.29, 0.717) is 0 Å². The summed E-state index contributed by atoms with van der Waals surface area (Å²) < 4.78 is 0. The van der Waals surface area contributed by atoms with Crippen molar-refractivity contribution in [3.05, 3.63) is 12.2 Å². The summed E-state index contributed by atoms with van der Waals surface area (Å²) in [7, 11) is 2.29. The van der Waals surface area contributed by atoms with Crippen LogP contribution < -0.4 is 5.73 Å². The molecule has 16 heavy (non-hydrogen) atoms. The van der Waals surface area contributed by atoms with Crippen LogP contribution in [0.4, 0.5) is 0 Å². The Kier molecular flexibility index (Phi) is 7.52. The number of nitrogens with zero attached hydrogens (tertiary/aromatic N) is 1. The van der Waals surface area contributed by atoms with Gasteiger partial charge in [-0.1, -0.05) is 25.0 Å². The lowest BCUT2D eigenvalue weighted by atomic mass is 10.2. The minimum atomic E-state index is 0.779. The van der Waals surface area contributed by atoms with E-state index >= 15 is 0 Å². The lowest BCUT2D eigenvalue weighted by Crippen LogP contribution is -2.29. The molecule has 0 spiro atoms. The fraction of sp³-hybridized carbons (Fsp3) is 0.857. The van der Waals surface area contributed by atoms with Crippen molar-refractivity contribution in [2.45, 2.75) is 57.4 Å². The summed E-state index contributed by atoms with van der Waals surface area (Å²) >= 11 is 0. The molecule has 0 aromatic heterocycles. The van der Waals surface area contributed by atoms with Crippen molar-refractivity contribution in [1.29, 1.82) is 0 Å². The van der Waals surface area contributed by atoms with E-state index in [9.17, 15) is 0 Å². The van der Waals surface area contributed by atoms with E-state index in [-0.39, 0.29) is 0 Å². The first-order valence-corrected chi connectivity index (χ1v) is 6.90. The number of hydrogen-bond donors (Lipinski definition) is 1. The first-order valence-electron chi connectivity index (χ1n) is 6.90. The number of unbranched alkanes of at least 4 members (excludes halogenated alkanes) is 2. The fourth-order valence-corrected chi connectivity index (χ4v) is 2.48. The Bertz CT molecular complexity index is 183. The van der Waals surface area contributed by atoms with Gasteiger partial charge in [0.25, 0.3) is 0 Å². The van der Waals surface area contributed by atoms with Crippen molar-refractivity contribution in [3.8, 4) is 0 Å². The van der Waals surface area contributed by atoms with Gasteiger partial charge in [-0.15, -0.1) is 0 Å². The predicted octanol–water partition coefficient (Wildman–Crippen LogP) is 2.94. The molecule has 0 heterocycles. The summed E-state index contributed by atoms with van der Waals surface area (Å²) in [6, 6.07) is 0.882. The van der Waals surface area contributed by atoms with Crippen LogP contribution in [0.1, 0.15) is 51.4 Å². The molecular formula is C14H28N2. The molecule has 1 rings (SSSR count). The number of allylic oxidation sites excluding steroid dienone is 1. The third-order valence-corrected chi connectivity index (χ3v) is 3.58. The second-order valence-corrected chi connectivity index (χ2v) is 4.96. The summed E-state index contributed by atoms with van der Waals surface area (Å²) in [6.07, 6.45) is 15.1. The molecule has 2 N–H and O–H groups in total. The van der Waals surface area contributed by atoms with E-state index in [4.69, 9.17) is 5.73 Å². The minimum Gasteiger partial charge on any atom is -0.330 e. The molecule has 0 bridgehead atoms. The normalized spacial score (nSPS) is 17.9. The van der Waals surface area contributed by atoms with E-state index in [0.717, 1.165) is 19.0 Å². The maximum atomic E-state index is 5.42. The average Bonchev–Trinajstić information content (AvgIpc) is 2.81. The van der Waals surface area contributed by atoms with Gasteiger partial charge in [0.1, 0.15) is 0 Å². The molecule has 0 saturated heterocycles. The van der Waals surface area contributed by atoms with Gasteiger partial charge in [-0.05, 0) is 58.7 Å². The van der Waals surface area contributed by atoms with Crippen LogP contribution in [0.15, 0.2) is 12.2 Å². The van der Waals surface area contributed by atoms with Gasteiger partial charge in [-0.3, -0.25) is 0 Å². The van der Waals surface area contributed by atoms with Gasteiger partial charge in [0.15, 0.2) is 0 Å². The number of rotatable bonds is 8. The van der Waals surface area contributed by atoms with Crippen molar-refractivity contribution in [3.63, 3.8) is 0 Å². The van der Waals surface area contributed by atoms with Crippen LogP contribution in [0.3, 0.4) is 0 Å². The highest BCUT2D eigenvalue weighted by Gasteiger charge is 2.18. The molecular weight excluding hydrogens is 196 g/mol. The van der Waals surface area contributed by atoms with Gasteiger partial charge in [0.05, 0.1) is 0 Å². The Labute approximate surface area is 101 Å². The van der Waals surface area contributed by atoms with Crippen molar-refractivity contribution in [2.24, 2.45) is 5.73 Å². The van der Waals surface area contributed by atoms with Gasteiger partial charge < -0.3 is 10.6 Å². The molecule has 0 unspecified atom stereocenters. The van der Waals surface area contributed by atoms with Crippen molar-refractivity contribution >= 4 is 0 Å². The predicted molar refractivity (Wildman–Crippen MR) is 71.5 cm³/mol. The molecule has 1 aliphatic carbocycles. The molecule has 0 aromatic carbocycles. The SMILES string of the molecule is CN(CCCC/C=C/CCN)C1CCCC1. The Hall–Kier alpha value is -0.340. The minimum absolute atomic E-state index is 0.779. The lowest BCUT2D eigenvalue weighted by Gasteiger charge is -2.23. The van der Waals surface area contributed by atoms with E-state index in [1.807, 2.05) is 0 Å². The summed E-state index contributed by atoms with van der Waals surface area (Å²) in [5.74, 6) is 0. The monoisotopic (exact) mass is 224 g/mol. The molecule has 0 aromatic rings. The zero-order valence-corrected chi connectivity index (χ0v) is 10.8. The maximum Gasteiger partial charge on any atom is 0.00922 e. The molecule has 1 fully saturated rings. The van der Waals surface area contributed by atoms with Gasteiger partial charge in [-0.25, -0.2) is 0 Å². The first-order chi connectivity index (χ1) is 7.84. The zero-order chi connectivity index (χ0) is 11.6. The van der Waals surface area contributed by atoms with Gasteiger partial charge in [0, 0.05) is 6.04 Å². The van der Waals surface area contributed by atoms with Crippen LogP contribution in [0.2, 0.25) is 0 Å². The second-order valence-electron chi connectivity index (χ2n) is 4.96. The smallest absolute Gasteiger partial charge is 0.00922 e. The number of hydrogen-bond acceptors (Lipinski definition) is 2. The van der Waals surface area contributed by atoms with Gasteiger partial charge in [0.2, 0.25) is 0 Å². The third kappa shape index (κ3) is 5.66. The highest BCUT2D eigenvalue weighted by molar-refractivity contribution is 4.82. The largest absolute Gasteiger partial charge is 0.330 e. The molecule has 0 amide bonds. The molecule has 1 aliphatic rings.